The van der Waals surface area contributed by atoms with Crippen LogP contribution in [0.3, 0.4) is 0 Å². The van der Waals surface area contributed by atoms with Crippen LogP contribution in [-0.2, 0) is 0 Å². The second kappa shape index (κ2) is 6.25. The van der Waals surface area contributed by atoms with E-state index in [0.29, 0.717) is 0 Å². The molecule has 0 saturated carbocycles. The van der Waals surface area contributed by atoms with Crippen molar-refractivity contribution >= 4 is 5.69 Å². The second-order valence-electron chi connectivity index (χ2n) is 4.90. The molecule has 21 heavy (non-hydrogen) atoms. The molecule has 0 aliphatic rings. The van der Waals surface area contributed by atoms with E-state index >= 15 is 0 Å². The molecular formula is C19H17N2-. The lowest BCUT2D eigenvalue weighted by Gasteiger charge is -2.30. The lowest BCUT2D eigenvalue weighted by Crippen LogP contribution is -2.07. The van der Waals surface area contributed by atoms with Crippen LogP contribution in [0.4, 0.5) is 5.69 Å². The van der Waals surface area contributed by atoms with Crippen molar-refractivity contribution in [2.45, 2.75) is 6.17 Å². The summed E-state index contributed by atoms with van der Waals surface area (Å²) in [7, 11) is 0. The summed E-state index contributed by atoms with van der Waals surface area (Å²) in [5.74, 6) is 0. The summed E-state index contributed by atoms with van der Waals surface area (Å²) in [5.41, 5.74) is 10.5. The number of hydrogen-bond acceptors (Lipinski definition) is 1. The zero-order chi connectivity index (χ0) is 14.5. The molecule has 0 aromatic heterocycles. The van der Waals surface area contributed by atoms with E-state index in [0.717, 1.165) is 16.8 Å². The van der Waals surface area contributed by atoms with Gasteiger partial charge < -0.3 is 11.1 Å². The molecule has 0 radical (unpaired) electrons. The minimum Gasteiger partial charge on any atom is -0.666 e. The largest absolute Gasteiger partial charge is 0.666 e. The fraction of sp³-hybridized carbons (Fsp3) is 0.0526. The van der Waals surface area contributed by atoms with Gasteiger partial charge in [-0.1, -0.05) is 84.9 Å². The zero-order valence-electron chi connectivity index (χ0n) is 11.7. The van der Waals surface area contributed by atoms with Gasteiger partial charge in [0.1, 0.15) is 0 Å². The fourth-order valence-corrected chi connectivity index (χ4v) is 2.28. The van der Waals surface area contributed by atoms with Crippen molar-refractivity contribution in [1.82, 2.24) is 0 Å². The van der Waals surface area contributed by atoms with Crippen LogP contribution in [0.15, 0.2) is 84.9 Å². The van der Waals surface area contributed by atoms with Gasteiger partial charge >= 0.3 is 0 Å². The maximum Gasteiger partial charge on any atom is -0.0181 e. The van der Waals surface area contributed by atoms with E-state index in [2.05, 4.69) is 29.6 Å². The van der Waals surface area contributed by atoms with Crippen LogP contribution in [-0.4, -0.2) is 0 Å². The third kappa shape index (κ3) is 3.30. The topological polar surface area (TPSA) is 40.1 Å². The maximum atomic E-state index is 6.21. The number of para-hydroxylation sites is 1. The molecule has 1 unspecified atom stereocenters. The predicted octanol–water partition coefficient (Wildman–Crippen LogP) is 5.02. The van der Waals surface area contributed by atoms with Gasteiger partial charge in [0, 0.05) is 0 Å². The zero-order valence-corrected chi connectivity index (χ0v) is 11.7. The molecule has 3 rings (SSSR count). The van der Waals surface area contributed by atoms with Crippen molar-refractivity contribution in [3.05, 3.63) is 95.8 Å². The van der Waals surface area contributed by atoms with Gasteiger partial charge in [-0.2, -0.15) is 0 Å². The van der Waals surface area contributed by atoms with Crippen LogP contribution in [0.5, 0.6) is 0 Å². The Morgan fingerprint density at radius 2 is 1.29 bits per heavy atom. The van der Waals surface area contributed by atoms with Crippen molar-refractivity contribution in [3.8, 4) is 11.1 Å². The first-order valence-corrected chi connectivity index (χ1v) is 7.00. The normalized spacial score (nSPS) is 11.9. The summed E-state index contributed by atoms with van der Waals surface area (Å²) in [6, 6.07) is 28.3. The minimum absolute atomic E-state index is 0.351. The molecule has 0 fully saturated rings. The number of benzene rings is 3. The fourth-order valence-electron chi connectivity index (χ4n) is 2.28. The Balaban J connectivity index is 1.83. The number of rotatable bonds is 4. The van der Waals surface area contributed by atoms with Crippen LogP contribution in [0.2, 0.25) is 0 Å². The monoisotopic (exact) mass is 273 g/mol. The van der Waals surface area contributed by atoms with Crippen molar-refractivity contribution in [2.24, 2.45) is 5.73 Å². The lowest BCUT2D eigenvalue weighted by atomic mass is 10.0. The third-order valence-electron chi connectivity index (χ3n) is 3.38. The average molecular weight is 273 g/mol. The Kier molecular flexibility index (Phi) is 3.99. The third-order valence-corrected chi connectivity index (χ3v) is 3.38. The number of nitrogens with two attached hydrogens (primary N) is 1. The molecule has 0 aliphatic heterocycles. The maximum absolute atomic E-state index is 6.21. The van der Waals surface area contributed by atoms with Crippen LogP contribution >= 0.6 is 0 Å². The first-order chi connectivity index (χ1) is 10.3. The molecule has 2 N–H and O–H groups in total. The first-order valence-electron chi connectivity index (χ1n) is 7.00. The lowest BCUT2D eigenvalue weighted by molar-refractivity contribution is 0.881. The Morgan fingerprint density at radius 3 is 2.00 bits per heavy atom. The van der Waals surface area contributed by atoms with E-state index in [1.54, 1.807) is 0 Å². The highest BCUT2D eigenvalue weighted by atomic mass is 15.0. The van der Waals surface area contributed by atoms with Crippen LogP contribution < -0.4 is 5.73 Å². The van der Waals surface area contributed by atoms with Crippen molar-refractivity contribution < 1.29 is 0 Å². The number of hydrogen-bond donors (Lipinski definition) is 1. The van der Waals surface area contributed by atoms with E-state index in [9.17, 15) is 0 Å². The quantitative estimate of drug-likeness (QED) is 0.712. The van der Waals surface area contributed by atoms with Crippen LogP contribution in [0, 0.1) is 0 Å². The molecule has 0 bridgehead atoms. The van der Waals surface area contributed by atoms with Gasteiger partial charge in [-0.3, -0.25) is 0 Å². The molecule has 0 heterocycles. The van der Waals surface area contributed by atoms with Crippen molar-refractivity contribution in [2.75, 3.05) is 0 Å². The minimum atomic E-state index is -0.351. The summed E-state index contributed by atoms with van der Waals surface area (Å²) in [4.78, 5) is 0. The van der Waals surface area contributed by atoms with Gasteiger partial charge in [0.25, 0.3) is 0 Å². The van der Waals surface area contributed by atoms with Crippen molar-refractivity contribution in [1.29, 1.82) is 0 Å². The molecule has 0 saturated heterocycles. The molecule has 0 spiro atoms. The SMILES string of the molecule is NC([N-]c1ccccc1)c1cccc(-c2ccccc2)c1. The molecule has 0 amide bonds. The van der Waals surface area contributed by atoms with Crippen molar-refractivity contribution in [3.63, 3.8) is 0 Å². The van der Waals surface area contributed by atoms with Gasteiger partial charge in [0.05, 0.1) is 0 Å². The van der Waals surface area contributed by atoms with E-state index < -0.39 is 0 Å². The molecule has 0 aliphatic carbocycles. The molecule has 2 nitrogen and oxygen atoms in total. The molecule has 104 valence electrons. The molecular weight excluding hydrogens is 256 g/mol. The number of nitrogens with zero attached hydrogens (tertiary/aromatic N) is 1. The second-order valence-corrected chi connectivity index (χ2v) is 4.90. The van der Waals surface area contributed by atoms with E-state index in [4.69, 9.17) is 5.73 Å². The summed E-state index contributed by atoms with van der Waals surface area (Å²) in [5, 5.41) is 4.54. The molecule has 2 heteroatoms. The van der Waals surface area contributed by atoms with Crippen LogP contribution in [0.25, 0.3) is 16.4 Å². The van der Waals surface area contributed by atoms with Gasteiger partial charge in [-0.25, -0.2) is 0 Å². The highest BCUT2D eigenvalue weighted by Crippen LogP contribution is 2.29. The highest BCUT2D eigenvalue weighted by molar-refractivity contribution is 5.64. The summed E-state index contributed by atoms with van der Waals surface area (Å²) in [6.07, 6.45) is -0.351. The Hall–Kier alpha value is -2.58. The van der Waals surface area contributed by atoms with Gasteiger partial charge in [-0.15, -0.1) is 5.69 Å². The standard InChI is InChI=1S/C19H17N2/c20-19(21-18-12-5-2-6-13-18)17-11-7-10-16(14-17)15-8-3-1-4-9-15/h1-14,19H,20H2/q-1. The van der Waals surface area contributed by atoms with E-state index in [-0.39, 0.29) is 6.17 Å². The Morgan fingerprint density at radius 1 is 0.667 bits per heavy atom. The Bertz CT molecular complexity index is 693. The smallest absolute Gasteiger partial charge is 0.0181 e. The van der Waals surface area contributed by atoms with Gasteiger partial charge in [0.2, 0.25) is 0 Å². The van der Waals surface area contributed by atoms with Crippen LogP contribution in [0.1, 0.15) is 11.7 Å². The summed E-state index contributed by atoms with van der Waals surface area (Å²) < 4.78 is 0. The van der Waals surface area contributed by atoms with Gasteiger partial charge in [0.15, 0.2) is 0 Å². The van der Waals surface area contributed by atoms with E-state index in [1.165, 1.54) is 5.56 Å². The first kappa shape index (κ1) is 13.4. The van der Waals surface area contributed by atoms with E-state index in [1.807, 2.05) is 60.7 Å². The molecule has 1 atom stereocenters. The summed E-state index contributed by atoms with van der Waals surface area (Å²) >= 11 is 0. The molecule has 3 aromatic carbocycles. The van der Waals surface area contributed by atoms with Gasteiger partial charge in [-0.05, 0) is 22.9 Å². The summed E-state index contributed by atoms with van der Waals surface area (Å²) in [6.45, 7) is 0. The predicted molar refractivity (Wildman–Crippen MR) is 88.3 cm³/mol. The molecule has 3 aromatic rings. The Labute approximate surface area is 125 Å². The highest BCUT2D eigenvalue weighted by Gasteiger charge is 2.00. The average Bonchev–Trinajstić information content (AvgIpc) is 2.57.